The number of nitrogens with zero attached hydrogens (tertiary/aromatic N) is 2. The predicted octanol–water partition coefficient (Wildman–Crippen LogP) is 1.42. The summed E-state index contributed by atoms with van der Waals surface area (Å²) in [5, 5.41) is 3.04. The smallest absolute Gasteiger partial charge is 0.247 e. The lowest BCUT2D eigenvalue weighted by Gasteiger charge is -2.46. The number of nitrogens with one attached hydrogen (secondary N) is 1. The van der Waals surface area contributed by atoms with Crippen LogP contribution in [0.1, 0.15) is 38.2 Å². The summed E-state index contributed by atoms with van der Waals surface area (Å²) in [5.74, 6) is -0.712. The van der Waals surface area contributed by atoms with Crippen LogP contribution < -0.4 is 10.2 Å². The van der Waals surface area contributed by atoms with E-state index >= 15 is 0 Å². The van der Waals surface area contributed by atoms with Gasteiger partial charge in [0.2, 0.25) is 21.8 Å². The molecule has 2 fully saturated rings. The molecule has 1 aliphatic heterocycles. The molecule has 0 radical (unpaired) electrons. The van der Waals surface area contributed by atoms with Crippen molar-refractivity contribution >= 4 is 27.5 Å². The fourth-order valence-corrected chi connectivity index (χ4v) is 4.74. The average Bonchev–Trinajstić information content (AvgIpc) is 3.08. The lowest BCUT2D eigenvalue weighted by molar-refractivity contribution is -0.133. The van der Waals surface area contributed by atoms with E-state index in [0.717, 1.165) is 41.8 Å². The highest BCUT2D eigenvalue weighted by atomic mass is 32.2. The largest absolute Gasteiger partial charge is 0.351 e. The molecule has 0 aromatic heterocycles. The van der Waals surface area contributed by atoms with E-state index < -0.39 is 21.5 Å². The van der Waals surface area contributed by atoms with Gasteiger partial charge in [-0.15, -0.1) is 0 Å². The summed E-state index contributed by atoms with van der Waals surface area (Å²) in [4.78, 5) is 27.6. The topological polar surface area (TPSA) is 86.8 Å². The summed E-state index contributed by atoms with van der Waals surface area (Å²) in [6, 6.07) is 7.43. The van der Waals surface area contributed by atoms with Crippen molar-refractivity contribution in [2.24, 2.45) is 0 Å². The first-order chi connectivity index (χ1) is 12.6. The molecule has 1 saturated heterocycles. The highest BCUT2D eigenvalue weighted by molar-refractivity contribution is 7.88. The van der Waals surface area contributed by atoms with Crippen LogP contribution in [0.2, 0.25) is 0 Å². The molecule has 8 heteroatoms. The summed E-state index contributed by atoms with van der Waals surface area (Å²) in [7, 11) is -3.60. The van der Waals surface area contributed by atoms with Crippen molar-refractivity contribution in [1.82, 2.24) is 9.62 Å². The maximum absolute atomic E-state index is 13.2. The minimum atomic E-state index is -3.60. The Balaban J connectivity index is 1.98. The fraction of sp³-hybridized carbons (Fsp3) is 0.579. The standard InChI is InChI=1S/C19H27N3O4S/c1-14-8-10-16(11-9-14)22-17(23)12-21(27(3,25)26)13-19(22,2)18(24)20-15-6-4-5-7-15/h8-11,15H,4-7,12-13H2,1-3H3,(H,20,24)/t19-/m0/s1. The number of carbonyl (C=O) groups excluding carboxylic acids is 2. The maximum atomic E-state index is 13.2. The van der Waals surface area contributed by atoms with Crippen molar-refractivity contribution in [3.05, 3.63) is 29.8 Å². The van der Waals surface area contributed by atoms with E-state index in [-0.39, 0.29) is 25.0 Å². The molecule has 2 amide bonds. The molecule has 1 saturated carbocycles. The highest BCUT2D eigenvalue weighted by Gasteiger charge is 2.50. The minimum absolute atomic E-state index is 0.0655. The number of piperazine rings is 1. The second-order valence-electron chi connectivity index (χ2n) is 7.82. The van der Waals surface area contributed by atoms with E-state index in [2.05, 4.69) is 5.32 Å². The summed E-state index contributed by atoms with van der Waals surface area (Å²) < 4.78 is 25.3. The summed E-state index contributed by atoms with van der Waals surface area (Å²) >= 11 is 0. The van der Waals surface area contributed by atoms with Crippen LogP contribution in [-0.2, 0) is 19.6 Å². The molecule has 2 aliphatic rings. The summed E-state index contributed by atoms with van der Waals surface area (Å²) in [5.41, 5.74) is 0.330. The summed E-state index contributed by atoms with van der Waals surface area (Å²) in [6.07, 6.45) is 5.03. The van der Waals surface area contributed by atoms with Crippen LogP contribution in [0, 0.1) is 6.92 Å². The molecular formula is C19H27N3O4S. The second-order valence-corrected chi connectivity index (χ2v) is 9.81. The molecule has 1 atom stereocenters. The zero-order valence-corrected chi connectivity index (χ0v) is 16.9. The predicted molar refractivity (Wildman–Crippen MR) is 104 cm³/mol. The second kappa shape index (κ2) is 7.24. The molecule has 0 spiro atoms. The molecule has 27 heavy (non-hydrogen) atoms. The SMILES string of the molecule is Cc1ccc(N2C(=O)CN(S(C)(=O)=O)C[C@@]2(C)C(=O)NC2CCCC2)cc1. The Morgan fingerprint density at radius 2 is 1.78 bits per heavy atom. The third-order valence-electron chi connectivity index (χ3n) is 5.48. The number of amides is 2. The van der Waals surface area contributed by atoms with Crippen molar-refractivity contribution in [2.45, 2.75) is 51.1 Å². The lowest BCUT2D eigenvalue weighted by Crippen LogP contribution is -2.70. The van der Waals surface area contributed by atoms with Crippen LogP contribution >= 0.6 is 0 Å². The Labute approximate surface area is 160 Å². The molecule has 0 bridgehead atoms. The zero-order valence-electron chi connectivity index (χ0n) is 16.1. The van der Waals surface area contributed by atoms with E-state index in [9.17, 15) is 18.0 Å². The number of benzene rings is 1. The summed E-state index contributed by atoms with van der Waals surface area (Å²) in [6.45, 7) is 3.26. The Morgan fingerprint density at radius 1 is 1.19 bits per heavy atom. The highest BCUT2D eigenvalue weighted by Crippen LogP contribution is 2.31. The van der Waals surface area contributed by atoms with Gasteiger partial charge >= 0.3 is 0 Å². The van der Waals surface area contributed by atoms with Crippen molar-refractivity contribution in [3.8, 4) is 0 Å². The van der Waals surface area contributed by atoms with E-state index in [4.69, 9.17) is 0 Å². The number of sulfonamides is 1. The lowest BCUT2D eigenvalue weighted by atomic mass is 9.93. The van der Waals surface area contributed by atoms with Gasteiger partial charge in [-0.2, -0.15) is 4.31 Å². The first-order valence-electron chi connectivity index (χ1n) is 9.27. The van der Waals surface area contributed by atoms with Gasteiger partial charge in [-0.25, -0.2) is 8.42 Å². The maximum Gasteiger partial charge on any atom is 0.247 e. The third-order valence-corrected chi connectivity index (χ3v) is 6.68. The van der Waals surface area contributed by atoms with Gasteiger partial charge in [-0.05, 0) is 38.8 Å². The van der Waals surface area contributed by atoms with Crippen LogP contribution in [-0.4, -0.2) is 55.5 Å². The molecule has 3 rings (SSSR count). The van der Waals surface area contributed by atoms with Gasteiger partial charge in [0.15, 0.2) is 0 Å². The van der Waals surface area contributed by atoms with Crippen molar-refractivity contribution < 1.29 is 18.0 Å². The van der Waals surface area contributed by atoms with Gasteiger partial charge in [-0.3, -0.25) is 14.5 Å². The third kappa shape index (κ3) is 4.01. The van der Waals surface area contributed by atoms with Crippen LogP contribution in [0.3, 0.4) is 0 Å². The Morgan fingerprint density at radius 3 is 2.33 bits per heavy atom. The molecule has 1 heterocycles. The Kier molecular flexibility index (Phi) is 5.31. The number of hydrogen-bond donors (Lipinski definition) is 1. The molecule has 148 valence electrons. The van der Waals surface area contributed by atoms with E-state index in [1.807, 2.05) is 19.1 Å². The molecule has 0 unspecified atom stereocenters. The molecule has 1 aromatic carbocycles. The average molecular weight is 394 g/mol. The van der Waals surface area contributed by atoms with Crippen LogP contribution in [0.4, 0.5) is 5.69 Å². The number of hydrogen-bond acceptors (Lipinski definition) is 4. The van der Waals surface area contributed by atoms with E-state index in [1.54, 1.807) is 19.1 Å². The van der Waals surface area contributed by atoms with Gasteiger partial charge in [0, 0.05) is 18.3 Å². The Hall–Kier alpha value is -1.93. The normalized spacial score (nSPS) is 25.0. The molecule has 1 aliphatic carbocycles. The van der Waals surface area contributed by atoms with Gasteiger partial charge in [0.25, 0.3) is 0 Å². The number of rotatable bonds is 4. The molecular weight excluding hydrogens is 366 g/mol. The van der Waals surface area contributed by atoms with Gasteiger partial charge in [-0.1, -0.05) is 30.5 Å². The molecule has 1 N–H and O–H groups in total. The number of carbonyl (C=O) groups is 2. The molecule has 7 nitrogen and oxygen atoms in total. The first-order valence-corrected chi connectivity index (χ1v) is 11.1. The van der Waals surface area contributed by atoms with Crippen LogP contribution in [0.5, 0.6) is 0 Å². The van der Waals surface area contributed by atoms with Crippen molar-refractivity contribution in [2.75, 3.05) is 24.2 Å². The molecule has 1 aromatic rings. The first kappa shape index (κ1) is 19.8. The van der Waals surface area contributed by atoms with E-state index in [1.165, 1.54) is 4.90 Å². The van der Waals surface area contributed by atoms with E-state index in [0.29, 0.717) is 5.69 Å². The Bertz CT molecular complexity index is 831. The van der Waals surface area contributed by atoms with Gasteiger partial charge < -0.3 is 5.32 Å². The quantitative estimate of drug-likeness (QED) is 0.838. The van der Waals surface area contributed by atoms with Crippen molar-refractivity contribution in [1.29, 1.82) is 0 Å². The number of anilines is 1. The van der Waals surface area contributed by atoms with Crippen molar-refractivity contribution in [3.63, 3.8) is 0 Å². The monoisotopic (exact) mass is 393 g/mol. The minimum Gasteiger partial charge on any atom is -0.351 e. The fourth-order valence-electron chi connectivity index (χ4n) is 3.91. The van der Waals surface area contributed by atoms with Gasteiger partial charge in [0.05, 0.1) is 12.8 Å². The van der Waals surface area contributed by atoms with Crippen LogP contribution in [0.25, 0.3) is 0 Å². The van der Waals surface area contributed by atoms with Crippen LogP contribution in [0.15, 0.2) is 24.3 Å². The number of aryl methyl sites for hydroxylation is 1. The zero-order chi connectivity index (χ0) is 19.8. The van der Waals surface area contributed by atoms with Gasteiger partial charge in [0.1, 0.15) is 5.54 Å².